The average Bonchev–Trinajstić information content (AvgIpc) is 2.10. The quantitative estimate of drug-likeness (QED) is 0.460. The Kier molecular flexibility index (Phi) is 18.9. The van der Waals surface area contributed by atoms with E-state index in [2.05, 4.69) is 5.32 Å². The van der Waals surface area contributed by atoms with Gasteiger partial charge in [-0.2, -0.15) is 0 Å². The van der Waals surface area contributed by atoms with E-state index >= 15 is 0 Å². The number of halogens is 2. The molecule has 0 aliphatic heterocycles. The molecule has 0 spiro atoms. The maximum atomic E-state index is 10.3. The summed E-state index contributed by atoms with van der Waals surface area (Å²) in [6.45, 7) is 2.38. The van der Waals surface area contributed by atoms with Crippen molar-refractivity contribution in [2.24, 2.45) is 11.5 Å². The van der Waals surface area contributed by atoms with Gasteiger partial charge in [0.2, 0.25) is 0 Å². The van der Waals surface area contributed by atoms with Crippen LogP contribution < -0.4 is 16.8 Å². The third-order valence-corrected chi connectivity index (χ3v) is 1.74. The van der Waals surface area contributed by atoms with E-state index in [0.717, 1.165) is 25.9 Å². The molecular formula is C8H21Cl2N3O2. The Hall–Kier alpha value is -0.0700. The minimum absolute atomic E-state index is 0. The molecule has 1 atom stereocenters. The van der Waals surface area contributed by atoms with Crippen molar-refractivity contribution >= 4 is 30.8 Å². The van der Waals surface area contributed by atoms with Crippen molar-refractivity contribution in [2.75, 3.05) is 19.6 Å². The zero-order chi connectivity index (χ0) is 10.1. The first-order chi connectivity index (χ1) is 6.18. The maximum absolute atomic E-state index is 10.3. The van der Waals surface area contributed by atoms with E-state index in [1.165, 1.54) is 0 Å². The molecule has 0 radical (unpaired) electrons. The van der Waals surface area contributed by atoms with E-state index < -0.39 is 12.0 Å². The van der Waals surface area contributed by atoms with Crippen molar-refractivity contribution < 1.29 is 9.90 Å². The second-order valence-corrected chi connectivity index (χ2v) is 2.98. The summed E-state index contributed by atoms with van der Waals surface area (Å²) < 4.78 is 0. The van der Waals surface area contributed by atoms with Gasteiger partial charge in [-0.05, 0) is 38.9 Å². The lowest BCUT2D eigenvalue weighted by Gasteiger charge is -2.06. The molecule has 6 N–H and O–H groups in total. The zero-order valence-electron chi connectivity index (χ0n) is 8.65. The van der Waals surface area contributed by atoms with Crippen molar-refractivity contribution in [1.82, 2.24) is 5.32 Å². The topological polar surface area (TPSA) is 101 Å². The summed E-state index contributed by atoms with van der Waals surface area (Å²) in [6, 6.07) is -0.726. The van der Waals surface area contributed by atoms with Crippen LogP contribution in [0.25, 0.3) is 0 Å². The van der Waals surface area contributed by atoms with Gasteiger partial charge in [0, 0.05) is 0 Å². The summed E-state index contributed by atoms with van der Waals surface area (Å²) in [7, 11) is 0. The normalized spacial score (nSPS) is 11.1. The molecule has 0 aromatic carbocycles. The Morgan fingerprint density at radius 2 is 1.80 bits per heavy atom. The van der Waals surface area contributed by atoms with Crippen LogP contribution in [0, 0.1) is 0 Å². The zero-order valence-corrected chi connectivity index (χ0v) is 10.3. The fourth-order valence-electron chi connectivity index (χ4n) is 0.923. The lowest BCUT2D eigenvalue weighted by atomic mass is 10.2. The fourth-order valence-corrected chi connectivity index (χ4v) is 0.923. The van der Waals surface area contributed by atoms with Crippen LogP contribution in [0.2, 0.25) is 0 Å². The van der Waals surface area contributed by atoms with Crippen molar-refractivity contribution in [3.8, 4) is 0 Å². The molecule has 0 aromatic heterocycles. The van der Waals surface area contributed by atoms with Crippen molar-refractivity contribution in [3.63, 3.8) is 0 Å². The predicted molar refractivity (Wildman–Crippen MR) is 65.9 cm³/mol. The highest BCUT2D eigenvalue weighted by atomic mass is 35.5. The molecule has 1 unspecified atom stereocenters. The van der Waals surface area contributed by atoms with E-state index in [4.69, 9.17) is 16.6 Å². The first kappa shape index (κ1) is 20.4. The molecule has 15 heavy (non-hydrogen) atoms. The average molecular weight is 262 g/mol. The third kappa shape index (κ3) is 13.9. The second kappa shape index (κ2) is 13.9. The molecule has 7 heteroatoms. The van der Waals surface area contributed by atoms with Gasteiger partial charge in [-0.25, -0.2) is 0 Å². The van der Waals surface area contributed by atoms with Crippen molar-refractivity contribution in [2.45, 2.75) is 25.3 Å². The maximum Gasteiger partial charge on any atom is 0.320 e. The molecule has 0 saturated carbocycles. The molecule has 0 heterocycles. The minimum Gasteiger partial charge on any atom is -0.480 e. The van der Waals surface area contributed by atoms with Crippen molar-refractivity contribution in [1.29, 1.82) is 0 Å². The van der Waals surface area contributed by atoms with Gasteiger partial charge in [0.05, 0.1) is 0 Å². The van der Waals surface area contributed by atoms with Crippen LogP contribution in [0.1, 0.15) is 19.3 Å². The van der Waals surface area contributed by atoms with Crippen LogP contribution in [0.15, 0.2) is 0 Å². The third-order valence-electron chi connectivity index (χ3n) is 1.74. The summed E-state index contributed by atoms with van der Waals surface area (Å²) in [5, 5.41) is 11.6. The number of carbonyl (C=O) groups is 1. The summed E-state index contributed by atoms with van der Waals surface area (Å²) in [4.78, 5) is 10.3. The van der Waals surface area contributed by atoms with Gasteiger partial charge in [-0.1, -0.05) is 0 Å². The number of carboxylic acid groups (broad SMARTS) is 1. The molecule has 0 rings (SSSR count). The van der Waals surface area contributed by atoms with Crippen molar-refractivity contribution in [3.05, 3.63) is 0 Å². The van der Waals surface area contributed by atoms with Crippen LogP contribution >= 0.6 is 24.8 Å². The highest BCUT2D eigenvalue weighted by Crippen LogP contribution is 1.92. The number of hydrogen-bond donors (Lipinski definition) is 4. The number of hydrogen-bond acceptors (Lipinski definition) is 4. The number of aliphatic carboxylic acids is 1. The largest absolute Gasteiger partial charge is 0.480 e. The van der Waals surface area contributed by atoms with Gasteiger partial charge in [0.15, 0.2) is 0 Å². The monoisotopic (exact) mass is 261 g/mol. The lowest BCUT2D eigenvalue weighted by Crippen LogP contribution is -2.31. The molecule has 5 nitrogen and oxygen atoms in total. The van der Waals surface area contributed by atoms with E-state index in [0.29, 0.717) is 13.0 Å². The highest BCUT2D eigenvalue weighted by Gasteiger charge is 2.09. The predicted octanol–water partition coefficient (Wildman–Crippen LogP) is -0.0395. The minimum atomic E-state index is -0.929. The molecule has 0 saturated heterocycles. The first-order valence-corrected chi connectivity index (χ1v) is 4.57. The molecular weight excluding hydrogens is 241 g/mol. The Balaban J connectivity index is -0.000000720. The van der Waals surface area contributed by atoms with E-state index in [1.54, 1.807) is 0 Å². The lowest BCUT2D eigenvalue weighted by molar-refractivity contribution is -0.138. The van der Waals surface area contributed by atoms with Crippen LogP contribution in [-0.2, 0) is 4.79 Å². The van der Waals surface area contributed by atoms with Crippen LogP contribution in [0.5, 0.6) is 0 Å². The molecule has 0 aromatic rings. The first-order valence-electron chi connectivity index (χ1n) is 4.57. The Bertz CT molecular complexity index is 150. The molecule has 0 fully saturated rings. The summed E-state index contributed by atoms with van der Waals surface area (Å²) >= 11 is 0. The van der Waals surface area contributed by atoms with Crippen LogP contribution in [0.3, 0.4) is 0 Å². The van der Waals surface area contributed by atoms with Gasteiger partial charge in [0.1, 0.15) is 6.04 Å². The molecule has 0 aliphatic rings. The number of rotatable bonds is 8. The van der Waals surface area contributed by atoms with Gasteiger partial charge < -0.3 is 21.9 Å². The highest BCUT2D eigenvalue weighted by molar-refractivity contribution is 5.85. The van der Waals surface area contributed by atoms with E-state index in [1.807, 2.05) is 0 Å². The Morgan fingerprint density at radius 3 is 2.27 bits per heavy atom. The van der Waals surface area contributed by atoms with Gasteiger partial charge >= 0.3 is 5.97 Å². The summed E-state index contributed by atoms with van der Waals surface area (Å²) in [5.74, 6) is -0.929. The molecule has 94 valence electrons. The van der Waals surface area contributed by atoms with Crippen LogP contribution in [-0.4, -0.2) is 36.8 Å². The number of nitrogens with two attached hydrogens (primary N) is 2. The number of carboxylic acids is 1. The molecule has 0 bridgehead atoms. The van der Waals surface area contributed by atoms with Gasteiger partial charge in [-0.15, -0.1) is 24.8 Å². The molecule has 0 aliphatic carbocycles. The summed E-state index contributed by atoms with van der Waals surface area (Å²) in [6.07, 6.45) is 2.26. The summed E-state index contributed by atoms with van der Waals surface area (Å²) in [5.41, 5.74) is 10.6. The second-order valence-electron chi connectivity index (χ2n) is 2.98. The van der Waals surface area contributed by atoms with E-state index in [9.17, 15) is 4.79 Å². The SMILES string of the molecule is Cl.Cl.NCCCNCCCC(N)C(=O)O. The smallest absolute Gasteiger partial charge is 0.320 e. The standard InChI is InChI=1S/C8H19N3O2.2ClH/c9-4-2-6-11-5-1-3-7(10)8(12)13;;/h7,11H,1-6,9-10H2,(H,12,13);2*1H. The van der Waals surface area contributed by atoms with Gasteiger partial charge in [0.25, 0.3) is 0 Å². The fraction of sp³-hybridized carbons (Fsp3) is 0.875. The molecule has 0 amide bonds. The number of nitrogens with one attached hydrogen (secondary N) is 1. The van der Waals surface area contributed by atoms with Gasteiger partial charge in [-0.3, -0.25) is 4.79 Å². The Labute approximate surface area is 103 Å². The van der Waals surface area contributed by atoms with E-state index in [-0.39, 0.29) is 24.8 Å². The Morgan fingerprint density at radius 1 is 1.27 bits per heavy atom. The van der Waals surface area contributed by atoms with Crippen LogP contribution in [0.4, 0.5) is 0 Å².